The third kappa shape index (κ3) is 4.29. The van der Waals surface area contributed by atoms with Crippen LogP contribution in [-0.2, 0) is 11.3 Å². The molecule has 1 amide bonds. The molecule has 0 radical (unpaired) electrons. The molecule has 2 aromatic rings. The Hall–Kier alpha value is -2.03. The average molecular weight is 420 g/mol. The third-order valence-corrected chi connectivity index (χ3v) is 6.87. The molecule has 2 fully saturated rings. The molecule has 2 N–H and O–H groups in total. The number of morpholine rings is 1. The van der Waals surface area contributed by atoms with E-state index in [4.69, 9.17) is 4.74 Å². The summed E-state index contributed by atoms with van der Waals surface area (Å²) >= 11 is 1.36. The molecule has 0 bridgehead atoms. The lowest BCUT2D eigenvalue weighted by Gasteiger charge is -2.49. The van der Waals surface area contributed by atoms with Gasteiger partial charge >= 0.3 is 0 Å². The van der Waals surface area contributed by atoms with Crippen molar-refractivity contribution in [3.63, 3.8) is 0 Å². The van der Waals surface area contributed by atoms with E-state index < -0.39 is 11.4 Å². The predicted octanol–water partition coefficient (Wildman–Crippen LogP) is 3.24. The van der Waals surface area contributed by atoms with Crippen LogP contribution in [0.25, 0.3) is 0 Å². The van der Waals surface area contributed by atoms with E-state index in [0.29, 0.717) is 24.6 Å². The number of hydrogen-bond donors (Lipinski definition) is 2. The van der Waals surface area contributed by atoms with Crippen molar-refractivity contribution in [2.75, 3.05) is 19.7 Å². The highest BCUT2D eigenvalue weighted by molar-refractivity contribution is 7.11. The summed E-state index contributed by atoms with van der Waals surface area (Å²) in [7, 11) is 0. The molecule has 1 spiro atoms. The smallest absolute Gasteiger partial charge is 0.263 e. The van der Waals surface area contributed by atoms with Crippen LogP contribution in [-0.4, -0.2) is 52.2 Å². The molecule has 1 aromatic carbocycles. The van der Waals surface area contributed by atoms with Gasteiger partial charge in [0, 0.05) is 19.6 Å². The van der Waals surface area contributed by atoms with Crippen LogP contribution >= 0.6 is 11.3 Å². The van der Waals surface area contributed by atoms with Crippen molar-refractivity contribution in [3.05, 3.63) is 45.7 Å². The van der Waals surface area contributed by atoms with Gasteiger partial charge in [0.05, 0.1) is 23.9 Å². The Kier molecular flexibility index (Phi) is 5.85. The molecule has 4 rings (SSSR count). The lowest BCUT2D eigenvalue weighted by molar-refractivity contribution is -0.143. The Morgan fingerprint density at radius 2 is 2.34 bits per heavy atom. The summed E-state index contributed by atoms with van der Waals surface area (Å²) in [5.74, 6) is -1.02. The number of hydrogen-bond acceptors (Lipinski definition) is 6. The summed E-state index contributed by atoms with van der Waals surface area (Å²) in [4.78, 5) is 19.9. The fraction of sp³-hybridized carbons (Fsp3) is 0.524. The van der Waals surface area contributed by atoms with Crippen LogP contribution in [0.2, 0.25) is 0 Å². The van der Waals surface area contributed by atoms with Gasteiger partial charge in [-0.2, -0.15) is 0 Å². The quantitative estimate of drug-likeness (QED) is 0.796. The molecular weight excluding hydrogens is 393 g/mol. The number of rotatable bonds is 4. The third-order valence-electron chi connectivity index (χ3n) is 5.94. The van der Waals surface area contributed by atoms with Gasteiger partial charge in [-0.05, 0) is 37.5 Å². The van der Waals surface area contributed by atoms with Crippen molar-refractivity contribution >= 4 is 17.2 Å². The van der Waals surface area contributed by atoms with Crippen LogP contribution in [0.15, 0.2) is 23.7 Å². The second-order valence-corrected chi connectivity index (χ2v) is 8.80. The Bertz CT molecular complexity index is 886. The molecule has 1 aliphatic heterocycles. The molecule has 1 saturated carbocycles. The molecule has 6 nitrogen and oxygen atoms in total. The van der Waals surface area contributed by atoms with Crippen molar-refractivity contribution in [1.82, 2.24) is 15.2 Å². The van der Waals surface area contributed by atoms with Gasteiger partial charge in [0.15, 0.2) is 11.6 Å². The topological polar surface area (TPSA) is 74.7 Å². The van der Waals surface area contributed by atoms with Crippen LogP contribution in [0.3, 0.4) is 0 Å². The number of nitrogens with one attached hydrogen (secondary N) is 1. The zero-order valence-corrected chi connectivity index (χ0v) is 17.3. The predicted molar refractivity (Wildman–Crippen MR) is 109 cm³/mol. The first-order valence-corrected chi connectivity index (χ1v) is 10.9. The number of carbonyl (C=O) groups excluding carboxylic acids is 1. The molecule has 2 heterocycles. The van der Waals surface area contributed by atoms with Gasteiger partial charge in [-0.1, -0.05) is 18.9 Å². The van der Waals surface area contributed by atoms with Crippen molar-refractivity contribution in [1.29, 1.82) is 0 Å². The zero-order chi connectivity index (χ0) is 20.4. The first-order valence-electron chi connectivity index (χ1n) is 10.0. The largest absolute Gasteiger partial charge is 0.505 e. The lowest BCUT2D eigenvalue weighted by atomic mass is 9.78. The standard InChI is InChI=1S/C21H26FN3O3S/c1-14-19(29-13-23-14)20(27)24-18-4-2-3-7-21(18)12-25(8-9-28-21)11-15-5-6-17(26)16(22)10-15/h5-6,10,13,18,26H,2-4,7-9,11-12H2,1H3,(H,24,27). The van der Waals surface area contributed by atoms with Crippen LogP contribution < -0.4 is 5.32 Å². The van der Waals surface area contributed by atoms with Crippen molar-refractivity contribution in [2.24, 2.45) is 0 Å². The Labute approximate surface area is 173 Å². The molecule has 29 heavy (non-hydrogen) atoms. The van der Waals surface area contributed by atoms with E-state index in [2.05, 4.69) is 15.2 Å². The molecule has 2 unspecified atom stereocenters. The number of ether oxygens (including phenoxy) is 1. The highest BCUT2D eigenvalue weighted by atomic mass is 32.1. The summed E-state index contributed by atoms with van der Waals surface area (Å²) in [6.45, 7) is 4.43. The summed E-state index contributed by atoms with van der Waals surface area (Å²) in [5.41, 5.74) is 2.82. The van der Waals surface area contributed by atoms with Gasteiger partial charge in [-0.3, -0.25) is 9.69 Å². The van der Waals surface area contributed by atoms with E-state index in [1.165, 1.54) is 23.5 Å². The van der Waals surface area contributed by atoms with Crippen molar-refractivity contribution < 1.29 is 19.0 Å². The number of aromatic nitrogens is 1. The summed E-state index contributed by atoms with van der Waals surface area (Å²) < 4.78 is 20.0. The molecule has 8 heteroatoms. The molecule has 156 valence electrons. The molecule has 2 aliphatic rings. The maximum Gasteiger partial charge on any atom is 0.263 e. The number of aryl methyl sites for hydroxylation is 1. The zero-order valence-electron chi connectivity index (χ0n) is 16.5. The van der Waals surface area contributed by atoms with Crippen LogP contribution in [0.5, 0.6) is 5.75 Å². The molecular formula is C21H26FN3O3S. The second kappa shape index (κ2) is 8.38. The molecule has 2 atom stereocenters. The highest BCUT2D eigenvalue weighted by Crippen LogP contribution is 2.36. The van der Waals surface area contributed by atoms with Gasteiger partial charge < -0.3 is 15.2 Å². The SMILES string of the molecule is Cc1ncsc1C(=O)NC1CCCCC12CN(Cc1ccc(O)c(F)c1)CCO2. The lowest BCUT2D eigenvalue weighted by Crippen LogP contribution is -2.63. The maximum atomic E-state index is 13.7. The van der Waals surface area contributed by atoms with Gasteiger partial charge in [0.25, 0.3) is 5.91 Å². The minimum Gasteiger partial charge on any atom is -0.505 e. The molecule has 1 aliphatic carbocycles. The number of amides is 1. The number of aromatic hydroxyl groups is 1. The minimum atomic E-state index is -0.604. The Balaban J connectivity index is 1.48. The number of phenols is 1. The van der Waals surface area contributed by atoms with Crippen molar-refractivity contribution in [2.45, 2.75) is 50.8 Å². The number of nitrogens with zero attached hydrogens (tertiary/aromatic N) is 2. The van der Waals surface area contributed by atoms with E-state index >= 15 is 0 Å². The summed E-state index contributed by atoms with van der Waals surface area (Å²) in [6, 6.07) is 4.45. The van der Waals surface area contributed by atoms with Gasteiger partial charge in [-0.25, -0.2) is 9.37 Å². The number of halogens is 1. The van der Waals surface area contributed by atoms with E-state index in [9.17, 15) is 14.3 Å². The first kappa shape index (κ1) is 20.3. The fourth-order valence-corrected chi connectivity index (χ4v) is 5.15. The van der Waals surface area contributed by atoms with Crippen LogP contribution in [0.4, 0.5) is 4.39 Å². The Morgan fingerprint density at radius 3 is 3.10 bits per heavy atom. The normalized spacial score (nSPS) is 25.2. The number of carbonyl (C=O) groups is 1. The monoisotopic (exact) mass is 419 g/mol. The number of phenolic OH excluding ortho intramolecular Hbond substituents is 1. The van der Waals surface area contributed by atoms with Crippen LogP contribution in [0, 0.1) is 12.7 Å². The van der Waals surface area contributed by atoms with Crippen LogP contribution in [0.1, 0.15) is 46.6 Å². The van der Waals surface area contributed by atoms with E-state index in [0.717, 1.165) is 43.5 Å². The van der Waals surface area contributed by atoms with E-state index in [1.54, 1.807) is 11.6 Å². The summed E-state index contributed by atoms with van der Waals surface area (Å²) in [5, 5.41) is 12.6. The molecule has 1 saturated heterocycles. The number of thiazole rings is 1. The Morgan fingerprint density at radius 1 is 1.48 bits per heavy atom. The summed E-state index contributed by atoms with van der Waals surface area (Å²) in [6.07, 6.45) is 3.89. The second-order valence-electron chi connectivity index (χ2n) is 7.95. The van der Waals surface area contributed by atoms with E-state index in [1.807, 2.05) is 6.92 Å². The van der Waals surface area contributed by atoms with Gasteiger partial charge in [-0.15, -0.1) is 11.3 Å². The van der Waals surface area contributed by atoms with E-state index in [-0.39, 0.29) is 17.7 Å². The average Bonchev–Trinajstić information content (AvgIpc) is 3.13. The fourth-order valence-electron chi connectivity index (χ4n) is 4.44. The highest BCUT2D eigenvalue weighted by Gasteiger charge is 2.46. The number of benzene rings is 1. The maximum absolute atomic E-state index is 13.7. The minimum absolute atomic E-state index is 0.0652. The van der Waals surface area contributed by atoms with Crippen molar-refractivity contribution in [3.8, 4) is 5.75 Å². The molecule has 1 aromatic heterocycles. The van der Waals surface area contributed by atoms with Gasteiger partial charge in [0.1, 0.15) is 10.5 Å². The first-order chi connectivity index (χ1) is 14.0. The van der Waals surface area contributed by atoms with Gasteiger partial charge in [0.2, 0.25) is 0 Å².